The molecule has 0 radical (unpaired) electrons. The molecule has 31 heavy (non-hydrogen) atoms. The molecule has 0 spiro atoms. The van der Waals surface area contributed by atoms with Crippen molar-refractivity contribution < 1.29 is 14.3 Å². The molecule has 0 aliphatic heterocycles. The van der Waals surface area contributed by atoms with Crippen molar-refractivity contribution in [1.29, 1.82) is 0 Å². The number of ether oxygens (including phenoxy) is 2. The largest absolute Gasteiger partial charge is 0.497 e. The minimum atomic E-state index is -0.231. The molecule has 0 aliphatic carbocycles. The van der Waals surface area contributed by atoms with Gasteiger partial charge < -0.3 is 14.0 Å². The molecule has 1 amide bonds. The molecule has 0 atom stereocenters. The molecule has 0 unspecified atom stereocenters. The van der Waals surface area contributed by atoms with Crippen LogP contribution in [0.4, 0.5) is 0 Å². The topological polar surface area (TPSA) is 90.6 Å². The van der Waals surface area contributed by atoms with Crippen LogP contribution in [0.5, 0.6) is 11.5 Å². The summed E-state index contributed by atoms with van der Waals surface area (Å²) in [5, 5.41) is 13.2. The number of benzene rings is 2. The molecule has 0 bridgehead atoms. The number of amides is 1. The third-order valence-electron chi connectivity index (χ3n) is 4.29. The lowest BCUT2D eigenvalue weighted by Crippen LogP contribution is -2.20. The van der Waals surface area contributed by atoms with E-state index < -0.39 is 0 Å². The maximum atomic E-state index is 12.2. The van der Waals surface area contributed by atoms with Crippen molar-refractivity contribution in [3.8, 4) is 22.9 Å². The van der Waals surface area contributed by atoms with E-state index in [1.54, 1.807) is 20.4 Å². The number of nitrogens with zero attached hydrogens (tertiary/aromatic N) is 4. The number of hydrazone groups is 1. The van der Waals surface area contributed by atoms with Gasteiger partial charge in [0.1, 0.15) is 11.5 Å². The van der Waals surface area contributed by atoms with Gasteiger partial charge in [0, 0.05) is 12.1 Å². The van der Waals surface area contributed by atoms with Crippen LogP contribution in [0.3, 0.4) is 0 Å². The molecule has 10 heteroatoms. The van der Waals surface area contributed by atoms with Crippen molar-refractivity contribution in [3.05, 3.63) is 52.5 Å². The van der Waals surface area contributed by atoms with E-state index in [1.807, 2.05) is 54.0 Å². The van der Waals surface area contributed by atoms with Crippen LogP contribution in [0.2, 0.25) is 0 Å². The maximum Gasteiger partial charge on any atom is 0.250 e. The van der Waals surface area contributed by atoms with Crippen LogP contribution in [-0.4, -0.2) is 46.9 Å². The molecule has 1 heterocycles. The van der Waals surface area contributed by atoms with Crippen LogP contribution in [0.1, 0.15) is 12.5 Å². The monoisotopic (exact) mass is 503 g/mol. The minimum Gasteiger partial charge on any atom is -0.497 e. The minimum absolute atomic E-state index is 0.171. The molecule has 1 N–H and O–H groups in total. The molecule has 162 valence electrons. The second-order valence-corrected chi connectivity index (χ2v) is 8.05. The number of carbonyl (C=O) groups excluding carboxylic acids is 1. The lowest BCUT2D eigenvalue weighted by Gasteiger charge is -2.07. The van der Waals surface area contributed by atoms with Gasteiger partial charge in [-0.25, -0.2) is 5.43 Å². The first-order valence-corrected chi connectivity index (χ1v) is 11.2. The van der Waals surface area contributed by atoms with Gasteiger partial charge in [0.2, 0.25) is 0 Å². The van der Waals surface area contributed by atoms with Crippen molar-refractivity contribution >= 4 is 39.8 Å². The summed E-state index contributed by atoms with van der Waals surface area (Å²) in [5.41, 5.74) is 4.29. The van der Waals surface area contributed by atoms with E-state index in [0.717, 1.165) is 32.9 Å². The number of aromatic nitrogens is 3. The SMILES string of the molecule is CCn1c(SCC(=O)N/N=C\c2ccc(OC)c(Br)c2)nnc1-c1ccc(OC)cc1. The van der Waals surface area contributed by atoms with Crippen LogP contribution in [-0.2, 0) is 11.3 Å². The number of methoxy groups -OCH3 is 2. The summed E-state index contributed by atoms with van der Waals surface area (Å²) < 4.78 is 13.2. The summed E-state index contributed by atoms with van der Waals surface area (Å²) in [6.45, 7) is 2.70. The van der Waals surface area contributed by atoms with Gasteiger partial charge in [0.25, 0.3) is 5.91 Å². The first-order valence-electron chi connectivity index (χ1n) is 9.41. The molecule has 3 aromatic rings. The quantitative estimate of drug-likeness (QED) is 0.269. The number of halogens is 1. The van der Waals surface area contributed by atoms with Gasteiger partial charge in [-0.1, -0.05) is 11.8 Å². The Balaban J connectivity index is 1.58. The smallest absolute Gasteiger partial charge is 0.250 e. The molecular weight excluding hydrogens is 482 g/mol. The second kappa shape index (κ2) is 11.0. The first kappa shape index (κ1) is 22.8. The second-order valence-electron chi connectivity index (χ2n) is 6.25. The highest BCUT2D eigenvalue weighted by Gasteiger charge is 2.14. The molecule has 0 fully saturated rings. The molecule has 1 aromatic heterocycles. The van der Waals surface area contributed by atoms with Crippen LogP contribution < -0.4 is 14.9 Å². The van der Waals surface area contributed by atoms with E-state index in [4.69, 9.17) is 9.47 Å². The van der Waals surface area contributed by atoms with Crippen LogP contribution in [0, 0.1) is 0 Å². The maximum absolute atomic E-state index is 12.2. The van der Waals surface area contributed by atoms with E-state index in [-0.39, 0.29) is 11.7 Å². The van der Waals surface area contributed by atoms with Crippen molar-refractivity contribution in [2.75, 3.05) is 20.0 Å². The molecule has 8 nitrogen and oxygen atoms in total. The van der Waals surface area contributed by atoms with Crippen LogP contribution >= 0.6 is 27.7 Å². The van der Waals surface area contributed by atoms with Gasteiger partial charge >= 0.3 is 0 Å². The Labute approximate surface area is 193 Å². The highest BCUT2D eigenvalue weighted by molar-refractivity contribution is 9.10. The number of hydrogen-bond donors (Lipinski definition) is 1. The predicted octanol–water partition coefficient (Wildman–Crippen LogP) is 3.99. The first-order chi connectivity index (χ1) is 15.0. The van der Waals surface area contributed by atoms with E-state index in [0.29, 0.717) is 11.7 Å². The van der Waals surface area contributed by atoms with Gasteiger partial charge in [0.15, 0.2) is 11.0 Å². The van der Waals surface area contributed by atoms with Gasteiger partial charge in [-0.15, -0.1) is 10.2 Å². The fraction of sp³-hybridized carbons (Fsp3) is 0.238. The van der Waals surface area contributed by atoms with E-state index in [9.17, 15) is 4.79 Å². The van der Waals surface area contributed by atoms with Crippen LogP contribution in [0.25, 0.3) is 11.4 Å². The molecule has 2 aromatic carbocycles. The van der Waals surface area contributed by atoms with Gasteiger partial charge in [-0.3, -0.25) is 4.79 Å². The zero-order valence-electron chi connectivity index (χ0n) is 17.3. The predicted molar refractivity (Wildman–Crippen MR) is 125 cm³/mol. The molecule has 0 aliphatic rings. The normalized spacial score (nSPS) is 11.0. The number of rotatable bonds is 9. The average molecular weight is 504 g/mol. The Kier molecular flexibility index (Phi) is 8.07. The Bertz CT molecular complexity index is 1070. The number of carbonyl (C=O) groups is 1. The fourth-order valence-electron chi connectivity index (χ4n) is 2.74. The highest BCUT2D eigenvalue weighted by atomic mass is 79.9. The standard InChI is InChI=1S/C21H22BrN5O3S/c1-4-27-20(15-6-8-16(29-2)9-7-15)25-26-21(27)31-13-19(28)24-23-12-14-5-10-18(30-3)17(22)11-14/h5-12H,4,13H2,1-3H3,(H,24,28)/b23-12-. The zero-order valence-corrected chi connectivity index (χ0v) is 19.7. The summed E-state index contributed by atoms with van der Waals surface area (Å²) in [7, 11) is 3.23. The van der Waals surface area contributed by atoms with Crippen LogP contribution in [0.15, 0.2) is 57.2 Å². The lowest BCUT2D eigenvalue weighted by atomic mass is 10.2. The van der Waals surface area contributed by atoms with E-state index >= 15 is 0 Å². The Morgan fingerprint density at radius 1 is 1.19 bits per heavy atom. The Morgan fingerprint density at radius 3 is 2.61 bits per heavy atom. The third kappa shape index (κ3) is 5.86. The highest BCUT2D eigenvalue weighted by Crippen LogP contribution is 2.26. The average Bonchev–Trinajstić information content (AvgIpc) is 3.21. The van der Waals surface area contributed by atoms with Crippen molar-refractivity contribution in [3.63, 3.8) is 0 Å². The summed E-state index contributed by atoms with van der Waals surface area (Å²) in [6.07, 6.45) is 1.57. The summed E-state index contributed by atoms with van der Waals surface area (Å²) in [5.74, 6) is 2.19. The summed E-state index contributed by atoms with van der Waals surface area (Å²) >= 11 is 4.73. The number of nitrogens with one attached hydrogen (secondary N) is 1. The molecule has 0 saturated carbocycles. The fourth-order valence-corrected chi connectivity index (χ4v) is 4.09. The zero-order chi connectivity index (χ0) is 22.2. The molecule has 3 rings (SSSR count). The Hall–Kier alpha value is -2.85. The third-order valence-corrected chi connectivity index (χ3v) is 5.88. The van der Waals surface area contributed by atoms with Crippen molar-refractivity contribution in [1.82, 2.24) is 20.2 Å². The van der Waals surface area contributed by atoms with Gasteiger partial charge in [-0.05, 0) is 70.9 Å². The van der Waals surface area contributed by atoms with Gasteiger partial charge in [-0.2, -0.15) is 5.10 Å². The Morgan fingerprint density at radius 2 is 1.97 bits per heavy atom. The van der Waals surface area contributed by atoms with Crippen molar-refractivity contribution in [2.45, 2.75) is 18.6 Å². The summed E-state index contributed by atoms with van der Waals surface area (Å²) in [4.78, 5) is 12.2. The molecule has 0 saturated heterocycles. The number of hydrogen-bond acceptors (Lipinski definition) is 7. The van der Waals surface area contributed by atoms with Crippen molar-refractivity contribution in [2.24, 2.45) is 5.10 Å². The van der Waals surface area contributed by atoms with E-state index in [1.165, 1.54) is 11.8 Å². The van der Waals surface area contributed by atoms with E-state index in [2.05, 4.69) is 36.7 Å². The van der Waals surface area contributed by atoms with Gasteiger partial charge in [0.05, 0.1) is 30.7 Å². The summed E-state index contributed by atoms with van der Waals surface area (Å²) in [6, 6.07) is 13.1. The molecular formula is C21H22BrN5O3S. The lowest BCUT2D eigenvalue weighted by molar-refractivity contribution is -0.118. The number of thioether (sulfide) groups is 1.